The highest BCUT2D eigenvalue weighted by molar-refractivity contribution is 7.89. The first kappa shape index (κ1) is 15.8. The Kier molecular flexibility index (Phi) is 4.03. The smallest absolute Gasteiger partial charge is 0.254 e. The summed E-state index contributed by atoms with van der Waals surface area (Å²) in [5.41, 5.74) is -1.15. The zero-order valence-corrected chi connectivity index (χ0v) is 12.3. The van der Waals surface area contributed by atoms with Gasteiger partial charge in [-0.2, -0.15) is 0 Å². The zero-order chi connectivity index (χ0) is 15.8. The van der Waals surface area contributed by atoms with Crippen LogP contribution in [0.3, 0.4) is 0 Å². The van der Waals surface area contributed by atoms with Gasteiger partial charge in [0.1, 0.15) is 10.7 Å². The average Bonchev–Trinajstić information content (AvgIpc) is 2.76. The molecule has 0 aliphatic heterocycles. The predicted octanol–water partition coefficient (Wildman–Crippen LogP) is 1.67. The molecule has 0 spiro atoms. The molecule has 21 heavy (non-hydrogen) atoms. The van der Waals surface area contributed by atoms with Crippen LogP contribution in [0.1, 0.15) is 43.0 Å². The van der Waals surface area contributed by atoms with Gasteiger partial charge >= 0.3 is 0 Å². The summed E-state index contributed by atoms with van der Waals surface area (Å²) in [4.78, 5) is 11.1. The fourth-order valence-electron chi connectivity index (χ4n) is 2.56. The molecule has 3 N–H and O–H groups in total. The van der Waals surface area contributed by atoms with Crippen molar-refractivity contribution in [3.63, 3.8) is 0 Å². The molecule has 5 nitrogen and oxygen atoms in total. The first-order valence-electron chi connectivity index (χ1n) is 6.47. The SMILES string of the molecule is CC1(NC(=O)c2cc(F)cc(S(N)(=O)=O)c2F)CCCC1. The van der Waals surface area contributed by atoms with Gasteiger partial charge in [-0.05, 0) is 31.9 Å². The highest BCUT2D eigenvalue weighted by atomic mass is 32.2. The summed E-state index contributed by atoms with van der Waals surface area (Å²) in [6.45, 7) is 1.82. The van der Waals surface area contributed by atoms with E-state index in [0.29, 0.717) is 12.1 Å². The van der Waals surface area contributed by atoms with Gasteiger partial charge in [-0.1, -0.05) is 12.8 Å². The number of primary sulfonamides is 1. The molecule has 1 aromatic carbocycles. The number of carbonyl (C=O) groups excluding carboxylic acids is 1. The standard InChI is InChI=1S/C13H16F2N2O3S/c1-13(4-2-3-5-13)17-12(18)9-6-8(14)7-10(11(9)15)21(16,19)20/h6-7H,2-5H2,1H3,(H,17,18)(H2,16,19,20). The van der Waals surface area contributed by atoms with Crippen LogP contribution in [0.2, 0.25) is 0 Å². The normalized spacial score (nSPS) is 17.7. The van der Waals surface area contributed by atoms with Crippen molar-refractivity contribution in [2.24, 2.45) is 5.14 Å². The molecule has 2 rings (SSSR count). The van der Waals surface area contributed by atoms with Gasteiger partial charge < -0.3 is 5.32 Å². The monoisotopic (exact) mass is 318 g/mol. The van der Waals surface area contributed by atoms with Crippen LogP contribution >= 0.6 is 0 Å². The van der Waals surface area contributed by atoms with Crippen LogP contribution in [-0.4, -0.2) is 19.9 Å². The van der Waals surface area contributed by atoms with E-state index in [0.717, 1.165) is 25.7 Å². The first-order valence-corrected chi connectivity index (χ1v) is 8.01. The second-order valence-corrected chi connectivity index (χ2v) is 7.06. The molecule has 0 atom stereocenters. The van der Waals surface area contributed by atoms with Crippen molar-refractivity contribution in [3.05, 3.63) is 29.3 Å². The molecule has 1 amide bonds. The van der Waals surface area contributed by atoms with Crippen LogP contribution in [-0.2, 0) is 10.0 Å². The number of hydrogen-bond acceptors (Lipinski definition) is 3. The van der Waals surface area contributed by atoms with E-state index in [1.165, 1.54) is 0 Å². The minimum Gasteiger partial charge on any atom is -0.347 e. The lowest BCUT2D eigenvalue weighted by molar-refractivity contribution is 0.0903. The minimum atomic E-state index is -4.45. The number of amides is 1. The number of nitrogens with one attached hydrogen (secondary N) is 1. The highest BCUT2D eigenvalue weighted by Gasteiger charge is 2.32. The van der Waals surface area contributed by atoms with Crippen molar-refractivity contribution in [3.8, 4) is 0 Å². The summed E-state index contributed by atoms with van der Waals surface area (Å²) < 4.78 is 50.0. The maximum absolute atomic E-state index is 14.1. The lowest BCUT2D eigenvalue weighted by Crippen LogP contribution is -2.44. The zero-order valence-electron chi connectivity index (χ0n) is 11.4. The Bertz CT molecular complexity index is 683. The Hall–Kier alpha value is -1.54. The van der Waals surface area contributed by atoms with Gasteiger partial charge in [0.2, 0.25) is 10.0 Å². The summed E-state index contributed by atoms with van der Waals surface area (Å²) in [6, 6.07) is 1.12. The van der Waals surface area contributed by atoms with E-state index in [9.17, 15) is 22.0 Å². The Balaban J connectivity index is 2.40. The van der Waals surface area contributed by atoms with Gasteiger partial charge in [0.25, 0.3) is 5.91 Å². The average molecular weight is 318 g/mol. The summed E-state index contributed by atoms with van der Waals surface area (Å²) in [7, 11) is -4.45. The highest BCUT2D eigenvalue weighted by Crippen LogP contribution is 2.29. The second-order valence-electron chi connectivity index (χ2n) is 5.53. The second kappa shape index (κ2) is 5.34. The third-order valence-corrected chi connectivity index (χ3v) is 4.59. The van der Waals surface area contributed by atoms with Gasteiger partial charge in [0.05, 0.1) is 5.56 Å². The van der Waals surface area contributed by atoms with Gasteiger partial charge in [-0.3, -0.25) is 4.79 Å². The molecule has 0 aromatic heterocycles. The van der Waals surface area contributed by atoms with Crippen molar-refractivity contribution >= 4 is 15.9 Å². The van der Waals surface area contributed by atoms with Crippen molar-refractivity contribution < 1.29 is 22.0 Å². The molecule has 8 heteroatoms. The lowest BCUT2D eigenvalue weighted by Gasteiger charge is -2.25. The molecule has 0 unspecified atom stereocenters. The van der Waals surface area contributed by atoms with E-state index in [1.807, 2.05) is 6.92 Å². The molecular formula is C13H16F2N2O3S. The summed E-state index contributed by atoms with van der Waals surface area (Å²) in [6.07, 6.45) is 3.34. The van der Waals surface area contributed by atoms with Crippen LogP contribution in [0, 0.1) is 11.6 Å². The number of rotatable bonds is 3. The van der Waals surface area contributed by atoms with Crippen molar-refractivity contribution in [1.29, 1.82) is 0 Å². The maximum Gasteiger partial charge on any atom is 0.254 e. The van der Waals surface area contributed by atoms with Gasteiger partial charge in [-0.15, -0.1) is 0 Å². The van der Waals surface area contributed by atoms with Crippen molar-refractivity contribution in [1.82, 2.24) is 5.32 Å². The van der Waals surface area contributed by atoms with Crippen molar-refractivity contribution in [2.75, 3.05) is 0 Å². The van der Waals surface area contributed by atoms with Crippen molar-refractivity contribution in [2.45, 2.75) is 43.0 Å². The number of hydrogen-bond donors (Lipinski definition) is 2. The number of carbonyl (C=O) groups is 1. The lowest BCUT2D eigenvalue weighted by atomic mass is 10.00. The summed E-state index contributed by atoms with van der Waals surface area (Å²) in [5.74, 6) is -3.22. The van der Waals surface area contributed by atoms with Crippen LogP contribution < -0.4 is 10.5 Å². The Morgan fingerprint density at radius 2 is 1.86 bits per heavy atom. The maximum atomic E-state index is 14.1. The molecule has 1 aliphatic rings. The number of sulfonamides is 1. The largest absolute Gasteiger partial charge is 0.347 e. The first-order chi connectivity index (χ1) is 9.62. The molecule has 1 aromatic rings. The summed E-state index contributed by atoms with van der Waals surface area (Å²) in [5, 5.41) is 7.46. The van der Waals surface area contributed by atoms with Gasteiger partial charge in [0.15, 0.2) is 5.82 Å². The Labute approximate surface area is 121 Å². The van der Waals surface area contributed by atoms with Gasteiger partial charge in [0, 0.05) is 5.54 Å². The predicted molar refractivity (Wildman–Crippen MR) is 72.1 cm³/mol. The molecule has 0 heterocycles. The van der Waals surface area contributed by atoms with E-state index < -0.39 is 43.6 Å². The number of halogens is 2. The quantitative estimate of drug-likeness (QED) is 0.888. The Morgan fingerprint density at radius 1 is 1.29 bits per heavy atom. The fraction of sp³-hybridized carbons (Fsp3) is 0.462. The molecule has 0 bridgehead atoms. The van der Waals surface area contributed by atoms with E-state index in [2.05, 4.69) is 5.32 Å². The Morgan fingerprint density at radius 3 is 2.38 bits per heavy atom. The number of nitrogens with two attached hydrogens (primary N) is 1. The van der Waals surface area contributed by atoms with E-state index in [-0.39, 0.29) is 0 Å². The molecule has 1 fully saturated rings. The molecular weight excluding hydrogens is 302 g/mol. The third kappa shape index (κ3) is 3.38. The minimum absolute atomic E-state index is 0.457. The van der Waals surface area contributed by atoms with Crippen LogP contribution in [0.5, 0.6) is 0 Å². The molecule has 0 saturated heterocycles. The fourth-order valence-corrected chi connectivity index (χ4v) is 3.19. The van der Waals surface area contributed by atoms with E-state index in [1.54, 1.807) is 0 Å². The third-order valence-electron chi connectivity index (χ3n) is 3.68. The molecule has 1 saturated carbocycles. The van der Waals surface area contributed by atoms with E-state index in [4.69, 9.17) is 5.14 Å². The molecule has 116 valence electrons. The van der Waals surface area contributed by atoms with E-state index >= 15 is 0 Å². The van der Waals surface area contributed by atoms with Crippen LogP contribution in [0.15, 0.2) is 17.0 Å². The number of benzene rings is 1. The molecule has 1 aliphatic carbocycles. The summed E-state index contributed by atoms with van der Waals surface area (Å²) >= 11 is 0. The molecule has 0 radical (unpaired) electrons. The topological polar surface area (TPSA) is 89.3 Å². The van der Waals surface area contributed by atoms with Crippen LogP contribution in [0.25, 0.3) is 0 Å². The van der Waals surface area contributed by atoms with Crippen LogP contribution in [0.4, 0.5) is 8.78 Å². The van der Waals surface area contributed by atoms with Gasteiger partial charge in [-0.25, -0.2) is 22.3 Å².